The summed E-state index contributed by atoms with van der Waals surface area (Å²) in [6.45, 7) is 4.17. The highest BCUT2D eigenvalue weighted by Gasteiger charge is 2.09. The first-order valence-electron chi connectivity index (χ1n) is 5.36. The van der Waals surface area contributed by atoms with Crippen molar-refractivity contribution in [3.63, 3.8) is 0 Å². The zero-order chi connectivity index (χ0) is 10.8. The van der Waals surface area contributed by atoms with Gasteiger partial charge in [0.15, 0.2) is 0 Å². The van der Waals surface area contributed by atoms with Crippen LogP contribution >= 0.6 is 0 Å². The van der Waals surface area contributed by atoms with Crippen LogP contribution in [0.5, 0.6) is 5.75 Å². The normalized spacial score (nSPS) is 10.8. The summed E-state index contributed by atoms with van der Waals surface area (Å²) < 4.78 is 0. The number of hydrogen-bond donors (Lipinski definition) is 1. The van der Waals surface area contributed by atoms with Crippen LogP contribution in [0.3, 0.4) is 0 Å². The topological polar surface area (TPSA) is 33.1 Å². The van der Waals surface area contributed by atoms with E-state index < -0.39 is 0 Å². The van der Waals surface area contributed by atoms with Gasteiger partial charge in [0, 0.05) is 11.6 Å². The number of pyridine rings is 1. The van der Waals surface area contributed by atoms with Crippen molar-refractivity contribution in [1.82, 2.24) is 4.98 Å². The summed E-state index contributed by atoms with van der Waals surface area (Å²) in [4.78, 5) is 4.25. The largest absolute Gasteiger partial charge is 0.505 e. The third kappa shape index (κ3) is 1.56. The second-order valence-corrected chi connectivity index (χ2v) is 3.65. The Morgan fingerprint density at radius 3 is 2.60 bits per heavy atom. The van der Waals surface area contributed by atoms with Gasteiger partial charge in [-0.3, -0.25) is 4.98 Å². The lowest BCUT2D eigenvalue weighted by molar-refractivity contribution is 0.474. The monoisotopic (exact) mass is 201 g/mol. The zero-order valence-corrected chi connectivity index (χ0v) is 9.12. The van der Waals surface area contributed by atoms with Crippen LogP contribution in [0.1, 0.15) is 25.0 Å². The van der Waals surface area contributed by atoms with Crippen LogP contribution in [0.15, 0.2) is 24.4 Å². The molecule has 0 aliphatic heterocycles. The molecule has 1 N–H and O–H groups in total. The van der Waals surface area contributed by atoms with Crippen molar-refractivity contribution < 1.29 is 5.11 Å². The molecule has 2 rings (SSSR count). The molecular weight excluding hydrogens is 186 g/mol. The zero-order valence-electron chi connectivity index (χ0n) is 9.12. The van der Waals surface area contributed by atoms with Crippen molar-refractivity contribution in [2.24, 2.45) is 0 Å². The number of aromatic nitrogens is 1. The van der Waals surface area contributed by atoms with Crippen molar-refractivity contribution in [3.05, 3.63) is 35.5 Å². The lowest BCUT2D eigenvalue weighted by Gasteiger charge is -2.09. The fourth-order valence-corrected chi connectivity index (χ4v) is 1.92. The molecular formula is C13H15NO. The van der Waals surface area contributed by atoms with Gasteiger partial charge in [-0.05, 0) is 30.0 Å². The van der Waals surface area contributed by atoms with E-state index in [1.54, 1.807) is 6.20 Å². The summed E-state index contributed by atoms with van der Waals surface area (Å²) in [5.41, 5.74) is 2.97. The molecule has 15 heavy (non-hydrogen) atoms. The fourth-order valence-electron chi connectivity index (χ4n) is 1.92. The standard InChI is InChI=1S/C13H15NO/c1-3-9-8-10(4-2)13(15)12-11(9)6-5-7-14-12/h5-8,15H,3-4H2,1-2H3. The molecule has 0 fully saturated rings. The molecule has 2 heteroatoms. The summed E-state index contributed by atoms with van der Waals surface area (Å²) in [5, 5.41) is 11.1. The molecule has 0 spiro atoms. The molecule has 2 aromatic rings. The minimum atomic E-state index is 0.338. The summed E-state index contributed by atoms with van der Waals surface area (Å²) in [6.07, 6.45) is 3.53. The van der Waals surface area contributed by atoms with Crippen molar-refractivity contribution in [2.45, 2.75) is 26.7 Å². The predicted molar refractivity (Wildman–Crippen MR) is 62.2 cm³/mol. The van der Waals surface area contributed by atoms with E-state index >= 15 is 0 Å². The molecule has 0 bridgehead atoms. The van der Waals surface area contributed by atoms with Crippen LogP contribution < -0.4 is 0 Å². The smallest absolute Gasteiger partial charge is 0.144 e. The number of aryl methyl sites for hydroxylation is 2. The summed E-state index contributed by atoms with van der Waals surface area (Å²) in [7, 11) is 0. The van der Waals surface area contributed by atoms with Gasteiger partial charge >= 0.3 is 0 Å². The van der Waals surface area contributed by atoms with Crippen LogP contribution in [-0.2, 0) is 12.8 Å². The van der Waals surface area contributed by atoms with Gasteiger partial charge in [0.1, 0.15) is 11.3 Å². The Bertz CT molecular complexity index is 491. The molecule has 0 amide bonds. The summed E-state index contributed by atoms with van der Waals surface area (Å²) in [6, 6.07) is 6.01. The van der Waals surface area contributed by atoms with Gasteiger partial charge in [-0.1, -0.05) is 26.0 Å². The Morgan fingerprint density at radius 1 is 1.20 bits per heavy atom. The Labute approximate surface area is 89.6 Å². The predicted octanol–water partition coefficient (Wildman–Crippen LogP) is 3.07. The number of benzene rings is 1. The fraction of sp³-hybridized carbons (Fsp3) is 0.308. The van der Waals surface area contributed by atoms with Gasteiger partial charge in [-0.15, -0.1) is 0 Å². The van der Waals surface area contributed by atoms with E-state index in [-0.39, 0.29) is 0 Å². The van der Waals surface area contributed by atoms with E-state index in [4.69, 9.17) is 0 Å². The quantitative estimate of drug-likeness (QED) is 0.810. The van der Waals surface area contributed by atoms with Gasteiger partial charge in [0.25, 0.3) is 0 Å². The van der Waals surface area contributed by atoms with Crippen LogP contribution in [-0.4, -0.2) is 10.1 Å². The first-order valence-corrected chi connectivity index (χ1v) is 5.36. The number of nitrogens with zero attached hydrogens (tertiary/aromatic N) is 1. The molecule has 0 saturated carbocycles. The maximum absolute atomic E-state index is 10.0. The van der Waals surface area contributed by atoms with Gasteiger partial charge in [-0.2, -0.15) is 0 Å². The van der Waals surface area contributed by atoms with Crippen LogP contribution in [0.2, 0.25) is 0 Å². The number of aromatic hydroxyl groups is 1. The minimum absolute atomic E-state index is 0.338. The highest BCUT2D eigenvalue weighted by Crippen LogP contribution is 2.30. The molecule has 0 aliphatic rings. The van der Waals surface area contributed by atoms with Crippen molar-refractivity contribution >= 4 is 10.9 Å². The highest BCUT2D eigenvalue weighted by molar-refractivity contribution is 5.88. The number of rotatable bonds is 2. The molecule has 78 valence electrons. The van der Waals surface area contributed by atoms with E-state index in [0.29, 0.717) is 5.75 Å². The second kappa shape index (κ2) is 3.89. The number of hydrogen-bond acceptors (Lipinski definition) is 2. The Morgan fingerprint density at radius 2 is 1.93 bits per heavy atom. The Balaban J connectivity index is 2.84. The molecule has 0 unspecified atom stereocenters. The number of phenolic OH excluding ortho intramolecular Hbond substituents is 1. The average Bonchev–Trinajstić information content (AvgIpc) is 2.30. The van der Waals surface area contributed by atoms with Gasteiger partial charge < -0.3 is 5.11 Å². The molecule has 0 radical (unpaired) electrons. The second-order valence-electron chi connectivity index (χ2n) is 3.65. The third-order valence-corrected chi connectivity index (χ3v) is 2.79. The SMILES string of the molecule is CCc1cc(CC)c2cccnc2c1O. The number of fused-ring (bicyclic) bond motifs is 1. The maximum atomic E-state index is 10.0. The third-order valence-electron chi connectivity index (χ3n) is 2.79. The lowest BCUT2D eigenvalue weighted by Crippen LogP contribution is -1.91. The lowest BCUT2D eigenvalue weighted by atomic mass is 10.00. The van der Waals surface area contributed by atoms with Crippen LogP contribution in [0.25, 0.3) is 10.9 Å². The molecule has 1 aromatic heterocycles. The summed E-state index contributed by atoms with van der Waals surface area (Å²) in [5.74, 6) is 0.338. The van der Waals surface area contributed by atoms with E-state index in [2.05, 4.69) is 18.0 Å². The van der Waals surface area contributed by atoms with E-state index in [0.717, 1.165) is 29.3 Å². The Kier molecular flexibility index (Phi) is 2.58. The van der Waals surface area contributed by atoms with Gasteiger partial charge in [0.2, 0.25) is 0 Å². The van der Waals surface area contributed by atoms with Crippen LogP contribution in [0.4, 0.5) is 0 Å². The average molecular weight is 201 g/mol. The number of phenols is 1. The molecule has 0 aliphatic carbocycles. The van der Waals surface area contributed by atoms with Crippen LogP contribution in [0, 0.1) is 0 Å². The molecule has 1 heterocycles. The van der Waals surface area contributed by atoms with E-state index in [1.165, 1.54) is 5.56 Å². The first kappa shape index (κ1) is 9.97. The van der Waals surface area contributed by atoms with E-state index in [9.17, 15) is 5.11 Å². The van der Waals surface area contributed by atoms with Crippen molar-refractivity contribution in [1.29, 1.82) is 0 Å². The molecule has 0 saturated heterocycles. The Hall–Kier alpha value is -1.57. The van der Waals surface area contributed by atoms with Crippen molar-refractivity contribution in [3.8, 4) is 5.75 Å². The summed E-state index contributed by atoms with van der Waals surface area (Å²) >= 11 is 0. The van der Waals surface area contributed by atoms with Crippen molar-refractivity contribution in [2.75, 3.05) is 0 Å². The maximum Gasteiger partial charge on any atom is 0.144 e. The van der Waals surface area contributed by atoms with E-state index in [1.807, 2.05) is 19.1 Å². The van der Waals surface area contributed by atoms with Gasteiger partial charge in [-0.25, -0.2) is 0 Å². The highest BCUT2D eigenvalue weighted by atomic mass is 16.3. The molecule has 1 aromatic carbocycles. The first-order chi connectivity index (χ1) is 7.27. The van der Waals surface area contributed by atoms with Gasteiger partial charge in [0.05, 0.1) is 0 Å². The molecule has 0 atom stereocenters. The minimum Gasteiger partial charge on any atom is -0.505 e. The molecule has 2 nitrogen and oxygen atoms in total.